The fourth-order valence-corrected chi connectivity index (χ4v) is 3.51. The summed E-state index contributed by atoms with van der Waals surface area (Å²) in [5.74, 6) is 0. The molecule has 5 heteroatoms. The molecule has 1 aliphatic rings. The normalized spacial score (nSPS) is 22.5. The molecule has 4 nitrogen and oxygen atoms in total. The van der Waals surface area contributed by atoms with Crippen LogP contribution in [-0.2, 0) is 9.84 Å². The summed E-state index contributed by atoms with van der Waals surface area (Å²) in [6.07, 6.45) is 4.71. The smallest absolute Gasteiger partial charge is 0.182 e. The van der Waals surface area contributed by atoms with Gasteiger partial charge >= 0.3 is 0 Å². The van der Waals surface area contributed by atoms with Crippen LogP contribution < -0.4 is 5.32 Å². The molecule has 0 saturated carbocycles. The van der Waals surface area contributed by atoms with Crippen LogP contribution in [0, 0.1) is 0 Å². The molecule has 0 aromatic carbocycles. The highest BCUT2D eigenvalue weighted by molar-refractivity contribution is 7.92. The second kappa shape index (κ2) is 4.28. The van der Waals surface area contributed by atoms with Gasteiger partial charge in [0.1, 0.15) is 0 Å². The monoisotopic (exact) mass is 226 g/mol. The van der Waals surface area contributed by atoms with E-state index >= 15 is 0 Å². The van der Waals surface area contributed by atoms with Crippen molar-refractivity contribution in [2.45, 2.75) is 23.0 Å². The molecule has 0 amide bonds. The topological polar surface area (TPSA) is 59.1 Å². The molecule has 0 radical (unpaired) electrons. The van der Waals surface area contributed by atoms with Crippen LogP contribution in [0.1, 0.15) is 12.8 Å². The average molecular weight is 226 g/mol. The van der Waals surface area contributed by atoms with Crippen molar-refractivity contribution < 1.29 is 8.42 Å². The van der Waals surface area contributed by atoms with E-state index in [-0.39, 0.29) is 5.25 Å². The molecule has 0 spiro atoms. The lowest BCUT2D eigenvalue weighted by atomic mass is 10.2. The fraction of sp³-hybridized carbons (Fsp3) is 0.500. The van der Waals surface area contributed by atoms with Gasteiger partial charge in [-0.05, 0) is 31.5 Å². The number of hydrogen-bond donors (Lipinski definition) is 1. The van der Waals surface area contributed by atoms with E-state index in [4.69, 9.17) is 0 Å². The number of nitrogens with one attached hydrogen (secondary N) is 1. The summed E-state index contributed by atoms with van der Waals surface area (Å²) < 4.78 is 24.2. The molecule has 0 bridgehead atoms. The van der Waals surface area contributed by atoms with Crippen LogP contribution in [0.15, 0.2) is 29.4 Å². The lowest BCUT2D eigenvalue weighted by Crippen LogP contribution is -2.38. The van der Waals surface area contributed by atoms with Crippen molar-refractivity contribution >= 4 is 9.84 Å². The van der Waals surface area contributed by atoms with Crippen molar-refractivity contribution in [3.05, 3.63) is 24.5 Å². The summed E-state index contributed by atoms with van der Waals surface area (Å²) >= 11 is 0. The van der Waals surface area contributed by atoms with Crippen LogP contribution in [-0.4, -0.2) is 31.7 Å². The summed E-state index contributed by atoms with van der Waals surface area (Å²) in [6.45, 7) is 1.48. The van der Waals surface area contributed by atoms with Gasteiger partial charge in [0, 0.05) is 18.9 Å². The van der Waals surface area contributed by atoms with Gasteiger partial charge in [0.2, 0.25) is 0 Å². The van der Waals surface area contributed by atoms with Gasteiger partial charge in [-0.15, -0.1) is 0 Å². The molecule has 1 fully saturated rings. The van der Waals surface area contributed by atoms with Gasteiger partial charge < -0.3 is 5.32 Å². The standard InChI is InChI=1S/C10H14N2O2S/c13-15(14,9-3-6-11-7-4-9)10-2-1-5-12-8-10/h3-4,6-7,10,12H,1-2,5,8H2/t10-/m1/s1. The van der Waals surface area contributed by atoms with Gasteiger partial charge in [0.15, 0.2) is 9.84 Å². The molecular formula is C10H14N2O2S. The molecule has 1 aromatic heterocycles. The molecule has 1 atom stereocenters. The fourth-order valence-electron chi connectivity index (χ4n) is 1.81. The zero-order chi connectivity index (χ0) is 10.7. The number of sulfone groups is 1. The first kappa shape index (κ1) is 10.6. The maximum Gasteiger partial charge on any atom is 0.182 e. The maximum atomic E-state index is 12.1. The van der Waals surface area contributed by atoms with E-state index in [1.165, 1.54) is 12.4 Å². The second-order valence-corrected chi connectivity index (χ2v) is 5.92. The number of rotatable bonds is 2. The third-order valence-corrected chi connectivity index (χ3v) is 4.88. The first-order chi connectivity index (χ1) is 7.21. The third kappa shape index (κ3) is 2.18. The van der Waals surface area contributed by atoms with Gasteiger partial charge in [0.05, 0.1) is 10.1 Å². The maximum absolute atomic E-state index is 12.1. The summed E-state index contributed by atoms with van der Waals surface area (Å²) in [5, 5.41) is 2.83. The first-order valence-corrected chi connectivity index (χ1v) is 6.60. The third-order valence-electron chi connectivity index (χ3n) is 2.67. The predicted octanol–water partition coefficient (Wildman–Crippen LogP) is 0.607. The SMILES string of the molecule is O=S(=O)(c1ccncc1)[C@@H]1CCCNC1. The minimum Gasteiger partial charge on any atom is -0.315 e. The van der Waals surface area contributed by atoms with Gasteiger partial charge in [-0.25, -0.2) is 8.42 Å². The lowest BCUT2D eigenvalue weighted by molar-refractivity contribution is 0.497. The van der Waals surface area contributed by atoms with Crippen LogP contribution >= 0.6 is 0 Å². The van der Waals surface area contributed by atoms with Crippen molar-refractivity contribution in [3.63, 3.8) is 0 Å². The van der Waals surface area contributed by atoms with Crippen molar-refractivity contribution in [3.8, 4) is 0 Å². The Bertz CT molecular complexity index is 410. The first-order valence-electron chi connectivity index (χ1n) is 5.06. The molecule has 0 aliphatic carbocycles. The Morgan fingerprint density at radius 3 is 2.67 bits per heavy atom. The van der Waals surface area contributed by atoms with Crippen LogP contribution in [0.2, 0.25) is 0 Å². The van der Waals surface area contributed by atoms with Crippen LogP contribution in [0.4, 0.5) is 0 Å². The second-order valence-electron chi connectivity index (χ2n) is 3.70. The van der Waals surface area contributed by atoms with E-state index in [2.05, 4.69) is 10.3 Å². The number of nitrogens with zero attached hydrogens (tertiary/aromatic N) is 1. The number of aromatic nitrogens is 1. The minimum absolute atomic E-state index is 0.284. The Labute approximate surface area is 89.6 Å². The van der Waals surface area contributed by atoms with Gasteiger partial charge in [-0.3, -0.25) is 4.98 Å². The van der Waals surface area contributed by atoms with Crippen LogP contribution in [0.5, 0.6) is 0 Å². The highest BCUT2D eigenvalue weighted by Crippen LogP contribution is 2.19. The lowest BCUT2D eigenvalue weighted by Gasteiger charge is -2.22. The van der Waals surface area contributed by atoms with Crippen LogP contribution in [0.25, 0.3) is 0 Å². The molecule has 0 unspecified atom stereocenters. The molecular weight excluding hydrogens is 212 g/mol. The van der Waals surface area contributed by atoms with E-state index in [0.29, 0.717) is 11.4 Å². The summed E-state index contributed by atoms with van der Waals surface area (Å²) in [7, 11) is -3.16. The Morgan fingerprint density at radius 1 is 1.33 bits per heavy atom. The van der Waals surface area contributed by atoms with Gasteiger partial charge in [-0.2, -0.15) is 0 Å². The number of hydrogen-bond acceptors (Lipinski definition) is 4. The Hall–Kier alpha value is -0.940. The molecule has 2 heterocycles. The Kier molecular flexibility index (Phi) is 3.02. The van der Waals surface area contributed by atoms with E-state index in [1.807, 2.05) is 0 Å². The molecule has 1 saturated heterocycles. The zero-order valence-corrected chi connectivity index (χ0v) is 9.20. The largest absolute Gasteiger partial charge is 0.315 e. The summed E-state index contributed by atoms with van der Waals surface area (Å²) in [5.41, 5.74) is 0. The van der Waals surface area contributed by atoms with E-state index < -0.39 is 9.84 Å². The molecule has 15 heavy (non-hydrogen) atoms. The van der Waals surface area contributed by atoms with E-state index in [1.54, 1.807) is 12.1 Å². The van der Waals surface area contributed by atoms with Crippen molar-refractivity contribution in [2.24, 2.45) is 0 Å². The number of piperidine rings is 1. The molecule has 82 valence electrons. The molecule has 2 rings (SSSR count). The van der Waals surface area contributed by atoms with Gasteiger partial charge in [0.25, 0.3) is 0 Å². The Balaban J connectivity index is 2.26. The molecule has 1 aliphatic heterocycles. The average Bonchev–Trinajstić information content (AvgIpc) is 2.31. The van der Waals surface area contributed by atoms with Crippen molar-refractivity contribution in [1.29, 1.82) is 0 Å². The molecule has 1 aromatic rings. The van der Waals surface area contributed by atoms with E-state index in [0.717, 1.165) is 19.4 Å². The van der Waals surface area contributed by atoms with Gasteiger partial charge in [-0.1, -0.05) is 0 Å². The Morgan fingerprint density at radius 2 is 2.07 bits per heavy atom. The highest BCUT2D eigenvalue weighted by Gasteiger charge is 2.28. The van der Waals surface area contributed by atoms with Crippen molar-refractivity contribution in [2.75, 3.05) is 13.1 Å². The molecule has 1 N–H and O–H groups in total. The van der Waals surface area contributed by atoms with E-state index in [9.17, 15) is 8.42 Å². The van der Waals surface area contributed by atoms with Crippen LogP contribution in [0.3, 0.4) is 0 Å². The zero-order valence-electron chi connectivity index (χ0n) is 8.39. The minimum atomic E-state index is -3.16. The summed E-state index contributed by atoms with van der Waals surface area (Å²) in [6, 6.07) is 3.12. The van der Waals surface area contributed by atoms with Crippen molar-refractivity contribution in [1.82, 2.24) is 10.3 Å². The predicted molar refractivity (Wildman–Crippen MR) is 57.3 cm³/mol. The quantitative estimate of drug-likeness (QED) is 0.802. The number of pyridine rings is 1. The summed E-state index contributed by atoms with van der Waals surface area (Å²) in [4.78, 5) is 4.20. The highest BCUT2D eigenvalue weighted by atomic mass is 32.2.